The molecular formula is C18H16N2O2S. The number of carbonyl (C=O) groups excluding carboxylic acids is 1. The number of carbonyl (C=O) groups is 1. The number of hydrogen-bond donors (Lipinski definition) is 1. The van der Waals surface area contributed by atoms with Crippen molar-refractivity contribution in [2.45, 2.75) is 18.9 Å². The second kappa shape index (κ2) is 5.66. The van der Waals surface area contributed by atoms with Gasteiger partial charge in [-0.3, -0.25) is 9.59 Å². The fraction of sp³-hybridized carbons (Fsp3) is 0.222. The summed E-state index contributed by atoms with van der Waals surface area (Å²) in [5, 5.41) is 2.84. The van der Waals surface area contributed by atoms with E-state index >= 15 is 0 Å². The van der Waals surface area contributed by atoms with Crippen molar-refractivity contribution in [3.05, 3.63) is 68.6 Å². The summed E-state index contributed by atoms with van der Waals surface area (Å²) >= 11 is 1.68. The number of aromatic amines is 1. The fourth-order valence-electron chi connectivity index (χ4n) is 3.32. The molecule has 1 aliphatic heterocycles. The second-order valence-corrected chi connectivity index (χ2v) is 6.74. The monoisotopic (exact) mass is 324 g/mol. The first-order valence-electron chi connectivity index (χ1n) is 7.70. The van der Waals surface area contributed by atoms with Crippen molar-refractivity contribution in [1.29, 1.82) is 0 Å². The Bertz CT molecular complexity index is 914. The molecule has 3 aromatic rings. The van der Waals surface area contributed by atoms with Crippen LogP contribution in [0.3, 0.4) is 0 Å². The number of nitrogens with one attached hydrogen (secondary N) is 1. The summed E-state index contributed by atoms with van der Waals surface area (Å²) < 4.78 is 0. The molecule has 2 aromatic heterocycles. The number of H-pyrrole nitrogens is 1. The van der Waals surface area contributed by atoms with Gasteiger partial charge in [0, 0.05) is 28.4 Å². The topological polar surface area (TPSA) is 53.2 Å². The molecule has 1 unspecified atom stereocenters. The van der Waals surface area contributed by atoms with E-state index in [-0.39, 0.29) is 17.5 Å². The molecule has 4 nitrogen and oxygen atoms in total. The molecule has 5 heteroatoms. The van der Waals surface area contributed by atoms with Gasteiger partial charge in [-0.05, 0) is 30.4 Å². The Balaban J connectivity index is 1.79. The smallest absolute Gasteiger partial charge is 0.255 e. The maximum atomic E-state index is 13.1. The predicted octanol–water partition coefficient (Wildman–Crippen LogP) is 3.57. The highest BCUT2D eigenvalue weighted by Gasteiger charge is 2.32. The van der Waals surface area contributed by atoms with Crippen LogP contribution in [0.2, 0.25) is 0 Å². The van der Waals surface area contributed by atoms with E-state index in [1.807, 2.05) is 40.6 Å². The van der Waals surface area contributed by atoms with Crippen molar-refractivity contribution in [2.24, 2.45) is 0 Å². The molecule has 0 saturated carbocycles. The molecular weight excluding hydrogens is 308 g/mol. The number of amides is 1. The van der Waals surface area contributed by atoms with E-state index in [2.05, 4.69) is 11.1 Å². The number of hydrogen-bond acceptors (Lipinski definition) is 3. The van der Waals surface area contributed by atoms with Crippen LogP contribution in [0.15, 0.2) is 52.6 Å². The number of para-hydroxylation sites is 1. The van der Waals surface area contributed by atoms with Crippen molar-refractivity contribution >= 4 is 28.1 Å². The van der Waals surface area contributed by atoms with Crippen molar-refractivity contribution < 1.29 is 4.79 Å². The fourth-order valence-corrected chi connectivity index (χ4v) is 4.20. The molecule has 0 bridgehead atoms. The minimum absolute atomic E-state index is 0.0526. The highest BCUT2D eigenvalue weighted by Crippen LogP contribution is 2.35. The van der Waals surface area contributed by atoms with Crippen LogP contribution in [0, 0.1) is 0 Å². The zero-order chi connectivity index (χ0) is 15.8. The normalized spacial score (nSPS) is 17.7. The molecule has 1 fully saturated rings. The Morgan fingerprint density at radius 1 is 1.22 bits per heavy atom. The molecule has 1 aliphatic rings. The van der Waals surface area contributed by atoms with Gasteiger partial charge in [0.25, 0.3) is 5.91 Å². The van der Waals surface area contributed by atoms with E-state index in [0.29, 0.717) is 11.1 Å². The number of aromatic nitrogens is 1. The first-order chi connectivity index (χ1) is 11.2. The van der Waals surface area contributed by atoms with Crippen LogP contribution >= 0.6 is 11.3 Å². The quantitative estimate of drug-likeness (QED) is 0.783. The van der Waals surface area contributed by atoms with Gasteiger partial charge in [0.15, 0.2) is 0 Å². The van der Waals surface area contributed by atoms with Crippen molar-refractivity contribution in [3.63, 3.8) is 0 Å². The zero-order valence-corrected chi connectivity index (χ0v) is 13.3. The first-order valence-corrected chi connectivity index (χ1v) is 8.58. The summed E-state index contributed by atoms with van der Waals surface area (Å²) in [5.41, 5.74) is 0.960. The lowest BCUT2D eigenvalue weighted by atomic mass is 10.1. The van der Waals surface area contributed by atoms with Crippen molar-refractivity contribution in [2.75, 3.05) is 6.54 Å². The van der Waals surface area contributed by atoms with Crippen molar-refractivity contribution in [1.82, 2.24) is 9.88 Å². The van der Waals surface area contributed by atoms with E-state index in [4.69, 9.17) is 0 Å². The van der Waals surface area contributed by atoms with E-state index in [1.54, 1.807) is 11.3 Å². The van der Waals surface area contributed by atoms with Gasteiger partial charge in [0.1, 0.15) is 0 Å². The molecule has 3 heterocycles. The zero-order valence-electron chi connectivity index (χ0n) is 12.5. The SMILES string of the molecule is O=C(c1cc(=O)[nH]c2ccccc12)N1CCCC1c1cccs1. The molecule has 0 radical (unpaired) electrons. The molecule has 4 rings (SSSR count). The minimum Gasteiger partial charge on any atom is -0.331 e. The Hall–Kier alpha value is -2.40. The highest BCUT2D eigenvalue weighted by atomic mass is 32.1. The molecule has 1 aromatic carbocycles. The van der Waals surface area contributed by atoms with Crippen LogP contribution < -0.4 is 5.56 Å². The number of fused-ring (bicyclic) bond motifs is 1. The van der Waals surface area contributed by atoms with E-state index in [0.717, 1.165) is 24.8 Å². The van der Waals surface area contributed by atoms with E-state index in [9.17, 15) is 9.59 Å². The van der Waals surface area contributed by atoms with E-state index in [1.165, 1.54) is 10.9 Å². The summed E-state index contributed by atoms with van der Waals surface area (Å²) in [5.74, 6) is -0.0526. The summed E-state index contributed by atoms with van der Waals surface area (Å²) in [7, 11) is 0. The lowest BCUT2D eigenvalue weighted by Crippen LogP contribution is -2.31. The Morgan fingerprint density at radius 2 is 2.09 bits per heavy atom. The third-order valence-corrected chi connectivity index (χ3v) is 5.34. The molecule has 1 saturated heterocycles. The third-order valence-electron chi connectivity index (χ3n) is 4.37. The average Bonchev–Trinajstić information content (AvgIpc) is 3.24. The maximum Gasteiger partial charge on any atom is 0.255 e. The maximum absolute atomic E-state index is 13.1. The van der Waals surface area contributed by atoms with Crippen LogP contribution in [0.1, 0.15) is 34.1 Å². The van der Waals surface area contributed by atoms with Crippen LogP contribution in [0.25, 0.3) is 10.9 Å². The van der Waals surface area contributed by atoms with Crippen LogP contribution in [-0.2, 0) is 0 Å². The largest absolute Gasteiger partial charge is 0.331 e. The molecule has 0 aliphatic carbocycles. The molecule has 1 amide bonds. The third kappa shape index (κ3) is 2.47. The number of benzene rings is 1. The average molecular weight is 324 g/mol. The van der Waals surface area contributed by atoms with Gasteiger partial charge >= 0.3 is 0 Å². The molecule has 1 N–H and O–H groups in total. The van der Waals surface area contributed by atoms with Gasteiger partial charge in [-0.15, -0.1) is 11.3 Å². The molecule has 23 heavy (non-hydrogen) atoms. The number of nitrogens with zero attached hydrogens (tertiary/aromatic N) is 1. The van der Waals surface area contributed by atoms with Gasteiger partial charge in [0.2, 0.25) is 5.56 Å². The van der Waals surface area contributed by atoms with Crippen molar-refractivity contribution in [3.8, 4) is 0 Å². The molecule has 116 valence electrons. The van der Waals surface area contributed by atoms with Crippen LogP contribution in [-0.4, -0.2) is 22.3 Å². The summed E-state index contributed by atoms with van der Waals surface area (Å²) in [4.78, 5) is 30.9. The van der Waals surface area contributed by atoms with Gasteiger partial charge in [-0.25, -0.2) is 0 Å². The molecule has 1 atom stereocenters. The summed E-state index contributed by atoms with van der Waals surface area (Å²) in [6.07, 6.45) is 1.98. The Kier molecular flexibility index (Phi) is 3.50. The lowest BCUT2D eigenvalue weighted by molar-refractivity contribution is 0.0739. The summed E-state index contributed by atoms with van der Waals surface area (Å²) in [6, 6.07) is 13.1. The van der Waals surface area contributed by atoms with Gasteiger partial charge in [-0.1, -0.05) is 24.3 Å². The lowest BCUT2D eigenvalue weighted by Gasteiger charge is -2.24. The van der Waals surface area contributed by atoms with Crippen LogP contribution in [0.4, 0.5) is 0 Å². The highest BCUT2D eigenvalue weighted by molar-refractivity contribution is 7.10. The van der Waals surface area contributed by atoms with Gasteiger partial charge in [-0.2, -0.15) is 0 Å². The Labute approximate surface area is 137 Å². The number of rotatable bonds is 2. The number of likely N-dealkylation sites (tertiary alicyclic amines) is 1. The van der Waals surface area contributed by atoms with Gasteiger partial charge < -0.3 is 9.88 Å². The number of thiophene rings is 1. The van der Waals surface area contributed by atoms with Gasteiger partial charge in [0.05, 0.1) is 11.6 Å². The minimum atomic E-state index is -0.237. The second-order valence-electron chi connectivity index (χ2n) is 5.76. The number of pyridine rings is 1. The molecule has 0 spiro atoms. The first kappa shape index (κ1) is 14.2. The summed E-state index contributed by atoms with van der Waals surface area (Å²) in [6.45, 7) is 0.739. The Morgan fingerprint density at radius 3 is 2.91 bits per heavy atom. The standard InChI is InChI=1S/C18H16N2O2S/c21-17-11-13(12-5-1-2-6-14(12)19-17)18(22)20-9-3-7-15(20)16-8-4-10-23-16/h1-2,4-6,8,10-11,15H,3,7,9H2,(H,19,21). The van der Waals surface area contributed by atoms with Crippen LogP contribution in [0.5, 0.6) is 0 Å². The van der Waals surface area contributed by atoms with E-state index < -0.39 is 0 Å². The predicted molar refractivity (Wildman–Crippen MR) is 91.9 cm³/mol.